The molecule has 1 heterocycles. The Hall–Kier alpha value is -0.830. The van der Waals surface area contributed by atoms with Crippen molar-refractivity contribution in [2.24, 2.45) is 0 Å². The first-order chi connectivity index (χ1) is 5.23. The average Bonchev–Trinajstić information content (AvgIpc) is 2.55. The molecule has 0 aliphatic rings. The lowest BCUT2D eigenvalue weighted by Gasteiger charge is -2.21. The van der Waals surface area contributed by atoms with Crippen molar-refractivity contribution in [3.63, 3.8) is 0 Å². The van der Waals surface area contributed by atoms with E-state index < -0.39 is 5.60 Å². The predicted octanol–water partition coefficient (Wildman–Crippen LogP) is 1.42. The van der Waals surface area contributed by atoms with Crippen LogP contribution in [0, 0.1) is 0 Å². The van der Waals surface area contributed by atoms with Crippen molar-refractivity contribution in [1.82, 2.24) is 9.97 Å². The second-order valence-corrected chi connectivity index (χ2v) is 2.68. The molecule has 11 heavy (non-hydrogen) atoms. The molecule has 0 saturated heterocycles. The summed E-state index contributed by atoms with van der Waals surface area (Å²) in [5, 5.41) is 9.90. The second kappa shape index (κ2) is 3.05. The van der Waals surface area contributed by atoms with Gasteiger partial charge in [0, 0.05) is 12.4 Å². The Morgan fingerprint density at radius 2 is 2.18 bits per heavy atom. The zero-order valence-corrected chi connectivity index (χ0v) is 6.96. The number of hydrogen-bond donors (Lipinski definition) is 2. The van der Waals surface area contributed by atoms with E-state index in [0.717, 1.165) is 0 Å². The number of aromatic amines is 1. The normalized spacial score (nSPS) is 11.9. The van der Waals surface area contributed by atoms with Crippen molar-refractivity contribution >= 4 is 0 Å². The summed E-state index contributed by atoms with van der Waals surface area (Å²) in [6.07, 6.45) is 4.77. The molecule has 0 radical (unpaired) electrons. The fraction of sp³-hybridized carbons (Fsp3) is 0.625. The fourth-order valence-corrected chi connectivity index (χ4v) is 1.10. The molecule has 0 aliphatic heterocycles. The van der Waals surface area contributed by atoms with E-state index in [9.17, 15) is 5.11 Å². The number of imidazole rings is 1. The van der Waals surface area contributed by atoms with Crippen LogP contribution in [0.5, 0.6) is 0 Å². The standard InChI is InChI=1S/C8H14N2O/c1-3-8(11,4-2)7-9-5-6-10-7/h5-6,11H,3-4H2,1-2H3,(H,9,10). The van der Waals surface area contributed by atoms with Crippen molar-refractivity contribution in [3.05, 3.63) is 18.2 Å². The average molecular weight is 154 g/mol. The molecular formula is C8H14N2O. The Kier molecular flexibility index (Phi) is 2.29. The van der Waals surface area contributed by atoms with E-state index in [1.54, 1.807) is 12.4 Å². The van der Waals surface area contributed by atoms with Gasteiger partial charge in [0.1, 0.15) is 11.4 Å². The van der Waals surface area contributed by atoms with Gasteiger partial charge in [-0.05, 0) is 12.8 Å². The third-order valence-electron chi connectivity index (χ3n) is 2.11. The van der Waals surface area contributed by atoms with Crippen molar-refractivity contribution in [1.29, 1.82) is 0 Å². The first-order valence-corrected chi connectivity index (χ1v) is 3.95. The molecule has 0 bridgehead atoms. The van der Waals surface area contributed by atoms with Crippen LogP contribution in [0.1, 0.15) is 32.5 Å². The molecule has 62 valence electrons. The zero-order chi connectivity index (χ0) is 8.32. The third-order valence-corrected chi connectivity index (χ3v) is 2.11. The van der Waals surface area contributed by atoms with E-state index in [4.69, 9.17) is 0 Å². The molecule has 1 aromatic rings. The van der Waals surface area contributed by atoms with E-state index >= 15 is 0 Å². The molecule has 2 N–H and O–H groups in total. The molecule has 1 rings (SSSR count). The Morgan fingerprint density at radius 3 is 2.55 bits per heavy atom. The molecule has 0 amide bonds. The van der Waals surface area contributed by atoms with Crippen LogP contribution in [0.15, 0.2) is 12.4 Å². The number of nitrogens with one attached hydrogen (secondary N) is 1. The Labute approximate surface area is 66.5 Å². The van der Waals surface area contributed by atoms with Gasteiger partial charge in [-0.25, -0.2) is 4.98 Å². The van der Waals surface area contributed by atoms with E-state index in [-0.39, 0.29) is 0 Å². The summed E-state index contributed by atoms with van der Waals surface area (Å²) in [6.45, 7) is 3.90. The number of aromatic nitrogens is 2. The third kappa shape index (κ3) is 1.43. The summed E-state index contributed by atoms with van der Waals surface area (Å²) in [5.41, 5.74) is -0.760. The number of aliphatic hydroxyl groups is 1. The topological polar surface area (TPSA) is 48.9 Å². The lowest BCUT2D eigenvalue weighted by atomic mass is 9.97. The molecule has 0 saturated carbocycles. The smallest absolute Gasteiger partial charge is 0.138 e. The summed E-state index contributed by atoms with van der Waals surface area (Å²) < 4.78 is 0. The molecule has 0 aromatic carbocycles. The van der Waals surface area contributed by atoms with Crippen LogP contribution in [0.25, 0.3) is 0 Å². The van der Waals surface area contributed by atoms with Crippen LogP contribution in [0.4, 0.5) is 0 Å². The highest BCUT2D eigenvalue weighted by Crippen LogP contribution is 2.24. The monoisotopic (exact) mass is 154 g/mol. The summed E-state index contributed by atoms with van der Waals surface area (Å²) in [7, 11) is 0. The lowest BCUT2D eigenvalue weighted by Crippen LogP contribution is -2.24. The zero-order valence-electron chi connectivity index (χ0n) is 6.96. The molecule has 0 unspecified atom stereocenters. The van der Waals surface area contributed by atoms with Crippen LogP contribution < -0.4 is 0 Å². The minimum atomic E-state index is -0.760. The molecule has 0 aliphatic carbocycles. The maximum atomic E-state index is 9.90. The van der Waals surface area contributed by atoms with E-state index in [0.29, 0.717) is 18.7 Å². The van der Waals surface area contributed by atoms with Crippen LogP contribution in [0.3, 0.4) is 0 Å². The van der Waals surface area contributed by atoms with Crippen molar-refractivity contribution in [3.8, 4) is 0 Å². The molecule has 1 aromatic heterocycles. The highest BCUT2D eigenvalue weighted by atomic mass is 16.3. The maximum absolute atomic E-state index is 9.90. The van der Waals surface area contributed by atoms with Gasteiger partial charge in [0.25, 0.3) is 0 Å². The van der Waals surface area contributed by atoms with Crippen molar-refractivity contribution in [2.75, 3.05) is 0 Å². The van der Waals surface area contributed by atoms with Gasteiger partial charge >= 0.3 is 0 Å². The van der Waals surface area contributed by atoms with Crippen LogP contribution in [0.2, 0.25) is 0 Å². The molecule has 0 atom stereocenters. The largest absolute Gasteiger partial charge is 0.382 e. The van der Waals surface area contributed by atoms with Gasteiger partial charge in [-0.2, -0.15) is 0 Å². The summed E-state index contributed by atoms with van der Waals surface area (Å²) in [6, 6.07) is 0. The molecular weight excluding hydrogens is 140 g/mol. The van der Waals surface area contributed by atoms with Crippen molar-refractivity contribution < 1.29 is 5.11 Å². The molecule has 0 spiro atoms. The fourth-order valence-electron chi connectivity index (χ4n) is 1.10. The van der Waals surface area contributed by atoms with E-state index in [1.165, 1.54) is 0 Å². The summed E-state index contributed by atoms with van der Waals surface area (Å²) in [5.74, 6) is 0.669. The molecule has 0 fully saturated rings. The van der Waals surface area contributed by atoms with Gasteiger partial charge in [-0.1, -0.05) is 13.8 Å². The Bertz CT molecular complexity index is 202. The minimum Gasteiger partial charge on any atom is -0.382 e. The second-order valence-electron chi connectivity index (χ2n) is 2.68. The van der Waals surface area contributed by atoms with Crippen LogP contribution >= 0.6 is 0 Å². The summed E-state index contributed by atoms with van der Waals surface area (Å²) in [4.78, 5) is 6.94. The van der Waals surface area contributed by atoms with Crippen LogP contribution in [-0.4, -0.2) is 15.1 Å². The molecule has 3 heteroatoms. The van der Waals surface area contributed by atoms with Crippen molar-refractivity contribution in [2.45, 2.75) is 32.3 Å². The maximum Gasteiger partial charge on any atom is 0.138 e. The van der Waals surface area contributed by atoms with Gasteiger partial charge in [-0.3, -0.25) is 0 Å². The van der Waals surface area contributed by atoms with Crippen LogP contribution in [-0.2, 0) is 5.60 Å². The quantitative estimate of drug-likeness (QED) is 0.691. The SMILES string of the molecule is CCC(O)(CC)c1ncc[nH]1. The number of H-pyrrole nitrogens is 1. The molecule has 3 nitrogen and oxygen atoms in total. The first kappa shape index (κ1) is 8.27. The van der Waals surface area contributed by atoms with Gasteiger partial charge in [-0.15, -0.1) is 0 Å². The van der Waals surface area contributed by atoms with Gasteiger partial charge < -0.3 is 10.1 Å². The first-order valence-electron chi connectivity index (χ1n) is 3.95. The summed E-state index contributed by atoms with van der Waals surface area (Å²) >= 11 is 0. The highest BCUT2D eigenvalue weighted by Gasteiger charge is 2.26. The number of nitrogens with zero attached hydrogens (tertiary/aromatic N) is 1. The lowest BCUT2D eigenvalue weighted by molar-refractivity contribution is 0.0201. The van der Waals surface area contributed by atoms with Gasteiger partial charge in [0.2, 0.25) is 0 Å². The van der Waals surface area contributed by atoms with E-state index in [2.05, 4.69) is 9.97 Å². The minimum absolute atomic E-state index is 0.669. The Morgan fingerprint density at radius 1 is 1.55 bits per heavy atom. The van der Waals surface area contributed by atoms with Gasteiger partial charge in [0.15, 0.2) is 0 Å². The Balaban J connectivity index is 2.87. The highest BCUT2D eigenvalue weighted by molar-refractivity contribution is 5.00. The van der Waals surface area contributed by atoms with Gasteiger partial charge in [0.05, 0.1) is 0 Å². The number of hydrogen-bond acceptors (Lipinski definition) is 2. The predicted molar refractivity (Wildman–Crippen MR) is 43.1 cm³/mol. The number of rotatable bonds is 3. The van der Waals surface area contributed by atoms with E-state index in [1.807, 2.05) is 13.8 Å².